The van der Waals surface area contributed by atoms with E-state index in [9.17, 15) is 4.89 Å². The van der Waals surface area contributed by atoms with Gasteiger partial charge in [0.2, 0.25) is 0 Å². The quantitative estimate of drug-likeness (QED) is 0.783. The Kier molecular flexibility index (Phi) is 5.97. The van der Waals surface area contributed by atoms with Crippen LogP contribution in [-0.4, -0.2) is 33.6 Å². The average Bonchev–Trinajstić information content (AvgIpc) is 2.20. The van der Waals surface area contributed by atoms with E-state index in [4.69, 9.17) is 9.05 Å². The van der Waals surface area contributed by atoms with Crippen LogP contribution in [0.15, 0.2) is 0 Å². The summed E-state index contributed by atoms with van der Waals surface area (Å²) in [6.45, 7) is 4.75. The van der Waals surface area contributed by atoms with Gasteiger partial charge in [-0.15, -0.1) is 23.5 Å². The Bertz CT molecular complexity index is 215. The minimum atomic E-state index is -2.70. The van der Waals surface area contributed by atoms with E-state index in [1.165, 1.54) is 6.42 Å². The van der Waals surface area contributed by atoms with E-state index in [-0.39, 0.29) is 0 Å². The van der Waals surface area contributed by atoms with Crippen LogP contribution in [0.1, 0.15) is 20.3 Å². The number of rotatable bonds is 4. The molecule has 1 aliphatic heterocycles. The van der Waals surface area contributed by atoms with E-state index < -0.39 is 7.57 Å². The van der Waals surface area contributed by atoms with E-state index in [2.05, 4.69) is 0 Å². The molecule has 1 heterocycles. The van der Waals surface area contributed by atoms with Crippen LogP contribution in [0.3, 0.4) is 0 Å². The summed E-state index contributed by atoms with van der Waals surface area (Å²) >= 11 is 3.36. The second-order valence-corrected chi connectivity index (χ2v) is 7.75. The van der Waals surface area contributed by atoms with Crippen LogP contribution in [-0.2, 0) is 9.05 Å². The SMILES string of the molecule is CCOP(O)(OCC)=C1SCCCS1. The molecule has 6 heteroatoms. The number of hydrogen-bond donors (Lipinski definition) is 1. The Balaban J connectivity index is 2.80. The van der Waals surface area contributed by atoms with Crippen molar-refractivity contribution in [3.05, 3.63) is 0 Å². The lowest BCUT2D eigenvalue weighted by Crippen LogP contribution is -2.07. The second-order valence-electron chi connectivity index (χ2n) is 2.67. The molecule has 1 rings (SSSR count). The molecule has 1 fully saturated rings. The maximum absolute atomic E-state index is 10.2. The fraction of sp³-hybridized carbons (Fsp3) is 0.875. The molecule has 0 radical (unpaired) electrons. The summed E-state index contributed by atoms with van der Waals surface area (Å²) in [5.74, 6) is 2.12. The van der Waals surface area contributed by atoms with Crippen LogP contribution in [0.4, 0.5) is 0 Å². The first-order valence-electron chi connectivity index (χ1n) is 4.77. The van der Waals surface area contributed by atoms with Crippen LogP contribution in [0.5, 0.6) is 0 Å². The maximum atomic E-state index is 10.2. The lowest BCUT2D eigenvalue weighted by molar-refractivity contribution is 0.210. The Morgan fingerprint density at radius 2 is 1.71 bits per heavy atom. The van der Waals surface area contributed by atoms with Crippen molar-refractivity contribution in [3.8, 4) is 0 Å². The van der Waals surface area contributed by atoms with Crippen LogP contribution >= 0.6 is 31.1 Å². The van der Waals surface area contributed by atoms with Gasteiger partial charge in [-0.05, 0) is 31.8 Å². The molecule has 0 bridgehead atoms. The molecule has 0 amide bonds. The highest BCUT2D eigenvalue weighted by molar-refractivity contribution is 8.45. The Morgan fingerprint density at radius 1 is 1.21 bits per heavy atom. The Hall–Kier alpha value is 0.880. The summed E-state index contributed by atoms with van der Waals surface area (Å²) in [5, 5.41) is 0. The molecular formula is C8H17O3PS2. The van der Waals surface area contributed by atoms with Crippen molar-refractivity contribution in [2.24, 2.45) is 0 Å². The van der Waals surface area contributed by atoms with Gasteiger partial charge in [-0.1, -0.05) is 0 Å². The van der Waals surface area contributed by atoms with Crippen molar-refractivity contribution in [3.63, 3.8) is 0 Å². The largest absolute Gasteiger partial charge is 0.332 e. The zero-order chi connectivity index (χ0) is 10.4. The molecule has 0 atom stereocenters. The Morgan fingerprint density at radius 3 is 2.14 bits per heavy atom. The number of hydrogen-bond acceptors (Lipinski definition) is 5. The smallest absolute Gasteiger partial charge is 0.275 e. The predicted molar refractivity (Wildman–Crippen MR) is 66.9 cm³/mol. The summed E-state index contributed by atoms with van der Waals surface area (Å²) in [5.41, 5.74) is 0. The van der Waals surface area contributed by atoms with Crippen LogP contribution in [0.2, 0.25) is 0 Å². The van der Waals surface area contributed by atoms with Gasteiger partial charge in [-0.25, -0.2) is 0 Å². The van der Waals surface area contributed by atoms with Gasteiger partial charge in [-0.3, -0.25) is 0 Å². The lowest BCUT2D eigenvalue weighted by atomic mass is 10.6. The monoisotopic (exact) mass is 256 g/mol. The van der Waals surface area contributed by atoms with Crippen LogP contribution < -0.4 is 0 Å². The normalized spacial score (nSPS) is 18.6. The molecule has 0 aromatic carbocycles. The summed E-state index contributed by atoms with van der Waals surface area (Å²) in [6, 6.07) is 0. The van der Waals surface area contributed by atoms with Gasteiger partial charge in [0.15, 0.2) is 0 Å². The van der Waals surface area contributed by atoms with Gasteiger partial charge in [0.25, 0.3) is 7.57 Å². The minimum absolute atomic E-state index is 0.495. The zero-order valence-corrected chi connectivity index (χ0v) is 11.1. The molecule has 14 heavy (non-hydrogen) atoms. The predicted octanol–water partition coefficient (Wildman–Crippen LogP) is 2.77. The van der Waals surface area contributed by atoms with E-state index in [0.717, 1.165) is 15.5 Å². The molecule has 0 aliphatic carbocycles. The minimum Gasteiger partial charge on any atom is -0.332 e. The molecule has 0 spiro atoms. The molecule has 0 aromatic rings. The van der Waals surface area contributed by atoms with Gasteiger partial charge in [0.05, 0.1) is 13.2 Å². The third-order valence-corrected chi connectivity index (χ3v) is 7.60. The first-order chi connectivity index (χ1) is 6.73. The molecule has 84 valence electrons. The molecule has 0 aromatic heterocycles. The first kappa shape index (κ1) is 12.9. The fourth-order valence-electron chi connectivity index (χ4n) is 1.08. The van der Waals surface area contributed by atoms with E-state index in [1.807, 2.05) is 13.8 Å². The van der Waals surface area contributed by atoms with Gasteiger partial charge in [0.1, 0.15) is 3.96 Å². The van der Waals surface area contributed by atoms with Crippen molar-refractivity contribution in [1.82, 2.24) is 0 Å². The summed E-state index contributed by atoms with van der Waals surface area (Å²) in [7, 11) is -2.70. The first-order valence-corrected chi connectivity index (χ1v) is 8.31. The average molecular weight is 256 g/mol. The van der Waals surface area contributed by atoms with Gasteiger partial charge in [0, 0.05) is 0 Å². The molecule has 1 saturated heterocycles. The lowest BCUT2D eigenvalue weighted by Gasteiger charge is -2.24. The van der Waals surface area contributed by atoms with Gasteiger partial charge in [-0.2, -0.15) is 0 Å². The summed E-state index contributed by atoms with van der Waals surface area (Å²) in [6.07, 6.45) is 1.19. The van der Waals surface area contributed by atoms with Gasteiger partial charge >= 0.3 is 0 Å². The highest BCUT2D eigenvalue weighted by atomic mass is 32.2. The zero-order valence-electron chi connectivity index (χ0n) is 8.56. The maximum Gasteiger partial charge on any atom is 0.275 e. The van der Waals surface area contributed by atoms with Crippen molar-refractivity contribution < 1.29 is 13.9 Å². The van der Waals surface area contributed by atoms with Crippen LogP contribution in [0.25, 0.3) is 0 Å². The fourth-order valence-corrected chi connectivity index (χ4v) is 6.49. The van der Waals surface area contributed by atoms with E-state index in [0.29, 0.717) is 13.2 Å². The second kappa shape index (κ2) is 6.46. The Labute approximate surface area is 94.2 Å². The molecule has 3 nitrogen and oxygen atoms in total. The van der Waals surface area contributed by atoms with E-state index in [1.54, 1.807) is 23.5 Å². The van der Waals surface area contributed by atoms with Gasteiger partial charge < -0.3 is 13.9 Å². The third kappa shape index (κ3) is 3.47. The highest BCUT2D eigenvalue weighted by Crippen LogP contribution is 2.53. The van der Waals surface area contributed by atoms with Crippen molar-refractivity contribution in [2.75, 3.05) is 24.7 Å². The van der Waals surface area contributed by atoms with E-state index >= 15 is 0 Å². The molecule has 0 unspecified atom stereocenters. The standard InChI is InChI=1S/C8H17O3PS2/c1-3-10-12(9,11-4-2)8-13-6-5-7-14-8/h9H,3-7H2,1-2H3. The molecule has 1 aliphatic rings. The van der Waals surface area contributed by atoms with Crippen molar-refractivity contribution in [1.29, 1.82) is 0 Å². The summed E-state index contributed by atoms with van der Waals surface area (Å²) in [4.78, 5) is 10.2. The topological polar surface area (TPSA) is 38.7 Å². The molecule has 1 N–H and O–H groups in total. The third-order valence-electron chi connectivity index (χ3n) is 1.58. The number of thioether (sulfide) groups is 2. The summed E-state index contributed by atoms with van der Waals surface area (Å²) < 4.78 is 11.7. The molecule has 0 saturated carbocycles. The molecular weight excluding hydrogens is 239 g/mol. The van der Waals surface area contributed by atoms with Crippen molar-refractivity contribution in [2.45, 2.75) is 20.3 Å². The van der Waals surface area contributed by atoms with Crippen LogP contribution in [0, 0.1) is 0 Å². The van der Waals surface area contributed by atoms with Crippen molar-refractivity contribution >= 4 is 35.0 Å². The highest BCUT2D eigenvalue weighted by Gasteiger charge is 2.25.